The van der Waals surface area contributed by atoms with Crippen LogP contribution < -0.4 is 4.74 Å². The Bertz CT molecular complexity index is 1100. The van der Waals surface area contributed by atoms with Gasteiger partial charge in [0.25, 0.3) is 0 Å². The molecule has 4 aliphatic carbocycles. The van der Waals surface area contributed by atoms with Crippen molar-refractivity contribution < 1.29 is 19.0 Å². The van der Waals surface area contributed by atoms with Crippen LogP contribution in [0.5, 0.6) is 5.75 Å². The molecule has 3 unspecified atom stereocenters. The molecule has 0 N–H and O–H groups in total. The Balaban J connectivity index is 0.00000228. The van der Waals surface area contributed by atoms with E-state index in [0.717, 1.165) is 73.5 Å². The monoisotopic (exact) mass is 678 g/mol. The third-order valence-corrected chi connectivity index (χ3v) is 9.36. The van der Waals surface area contributed by atoms with Crippen LogP contribution in [0.15, 0.2) is 18.5 Å². The Morgan fingerprint density at radius 1 is 1.27 bits per heavy atom. The van der Waals surface area contributed by atoms with Gasteiger partial charge in [0.1, 0.15) is 0 Å². The number of thiol groups is 1. The van der Waals surface area contributed by atoms with E-state index in [2.05, 4.69) is 12.8 Å². The molecule has 1 saturated heterocycles. The second-order valence-electron chi connectivity index (χ2n) is 10.1. The summed E-state index contributed by atoms with van der Waals surface area (Å²) in [5, 5.41) is 0.867. The molecule has 5 fully saturated rings. The first-order chi connectivity index (χ1) is 15.6. The largest absolute Gasteiger partial charge is 0 e. The fourth-order valence-corrected chi connectivity index (χ4v) is 8.11. The number of carbonyl (C=O) groups excluding carboxylic acids is 1. The number of pyridine rings is 1. The standard InChI is InChI=1S/C24H30N2O4PS.Tl/c1-28-18-13-25-23-17(5-6-26(23)32-31)21(18)22(27)20-15-8-14-9-16(20)12-24(10-14,11-15)30-19-4-2-3-7-29-19;/h5-6,13-16,19-20,32H,2-4,7-12H2,1H3;/q-1;. The number of rotatable bonds is 5. The van der Waals surface area contributed by atoms with Crippen LogP contribution in [0, 0.1) is 23.7 Å². The summed E-state index contributed by atoms with van der Waals surface area (Å²) in [6.07, 6.45) is 12.2. The second kappa shape index (κ2) is 9.68. The number of nitrogens with zero attached hydrogens (tertiary/aromatic N) is 2. The number of Topliss-reactive ketones (excluding diaryl/α,β-unsaturated/α-hetero) is 1. The number of hydrogen-bond acceptors (Lipinski definition) is 6. The van der Waals surface area contributed by atoms with Gasteiger partial charge in [-0.2, -0.15) is 0 Å². The maximum Gasteiger partial charge on any atom is 0 e. The summed E-state index contributed by atoms with van der Waals surface area (Å²) in [7, 11) is 6.77. The molecule has 0 spiro atoms. The smallest absolute Gasteiger partial charge is 0 e. The minimum absolute atomic E-state index is 0. The fraction of sp³-hybridized carbons (Fsp3) is 0.667. The predicted molar refractivity (Wildman–Crippen MR) is 132 cm³/mol. The van der Waals surface area contributed by atoms with Crippen molar-refractivity contribution in [2.45, 2.75) is 63.3 Å². The number of carbonyl (C=O) groups is 1. The summed E-state index contributed by atoms with van der Waals surface area (Å²) >= 11 is 0. The summed E-state index contributed by atoms with van der Waals surface area (Å²) in [6.45, 7) is 0.807. The third kappa shape index (κ3) is 4.21. The molecule has 6 nitrogen and oxygen atoms in total. The molecule has 3 atom stereocenters. The SMILES string of the molecule is COc1cnc2c(ccn2[SH-]#P)c1C(=O)C1C2CC3CC1CC(OC1CCCCO1)(C3)C2.[Tl]. The van der Waals surface area contributed by atoms with Gasteiger partial charge >= 0.3 is 163 Å². The van der Waals surface area contributed by atoms with E-state index in [9.17, 15) is 4.79 Å². The maximum atomic E-state index is 14.1. The molecule has 0 amide bonds. The number of fused-ring (bicyclic) bond motifs is 1. The molecular formula is C24H30N2O4PSTl-. The van der Waals surface area contributed by atoms with Crippen LogP contribution in [-0.4, -0.2) is 67.6 Å². The van der Waals surface area contributed by atoms with Gasteiger partial charge in [-0.3, -0.25) is 0 Å². The average molecular weight is 678 g/mol. The molecule has 2 aromatic rings. The van der Waals surface area contributed by atoms with Crippen LogP contribution in [-0.2, 0) is 20.4 Å². The fourth-order valence-electron chi connectivity index (χ4n) is 7.31. The van der Waals surface area contributed by atoms with Crippen LogP contribution >= 0.6 is 7.81 Å². The molecule has 33 heavy (non-hydrogen) atoms. The Kier molecular flexibility index (Phi) is 7.18. The Morgan fingerprint density at radius 3 is 2.73 bits per heavy atom. The number of ether oxygens (including phenoxy) is 3. The van der Waals surface area contributed by atoms with E-state index in [-0.39, 0.29) is 50.9 Å². The summed E-state index contributed by atoms with van der Waals surface area (Å²) in [5.74, 6) is 2.24. The summed E-state index contributed by atoms with van der Waals surface area (Å²) in [4.78, 5) is 18.7. The van der Waals surface area contributed by atoms with E-state index < -0.39 is 0 Å². The average Bonchev–Trinajstić information content (AvgIpc) is 3.21. The van der Waals surface area contributed by atoms with E-state index >= 15 is 0 Å². The Morgan fingerprint density at radius 2 is 2.06 bits per heavy atom. The molecule has 7 rings (SSSR count). The Hall–Kier alpha value is -0.218. The summed E-state index contributed by atoms with van der Waals surface area (Å²) in [5.41, 5.74) is 1.38. The third-order valence-electron chi connectivity index (χ3n) is 8.26. The van der Waals surface area contributed by atoms with Crippen molar-refractivity contribution in [3.05, 3.63) is 24.0 Å². The van der Waals surface area contributed by atoms with E-state index in [1.54, 1.807) is 13.3 Å². The quantitative estimate of drug-likeness (QED) is 0.154. The number of methoxy groups -OCH3 is 1. The number of hydrogen-bond donors (Lipinski definition) is 0. The normalized spacial score (nSPS) is 34.8. The van der Waals surface area contributed by atoms with Gasteiger partial charge in [0.15, 0.2) is 0 Å². The first-order valence-corrected chi connectivity index (χ1v) is 13.8. The molecule has 9 heteroatoms. The first kappa shape index (κ1) is 24.5. The van der Waals surface area contributed by atoms with Gasteiger partial charge in [-0.05, 0) is 19.3 Å². The molecule has 4 saturated carbocycles. The molecule has 0 aromatic carbocycles. The van der Waals surface area contributed by atoms with E-state index in [0.29, 0.717) is 29.1 Å². The van der Waals surface area contributed by atoms with Crippen LogP contribution in [0.2, 0.25) is 0 Å². The van der Waals surface area contributed by atoms with Crippen molar-refractivity contribution in [1.82, 2.24) is 8.96 Å². The van der Waals surface area contributed by atoms with Crippen molar-refractivity contribution in [2.24, 2.45) is 23.7 Å². The van der Waals surface area contributed by atoms with Gasteiger partial charge < -0.3 is 4.74 Å². The minimum atomic E-state index is -0.0961. The molecule has 1 radical (unpaired) electrons. The van der Waals surface area contributed by atoms with Crippen LogP contribution in [0.4, 0.5) is 0 Å². The van der Waals surface area contributed by atoms with Crippen molar-refractivity contribution in [3.8, 4) is 5.75 Å². The maximum absolute atomic E-state index is 14.1. The van der Waals surface area contributed by atoms with Crippen molar-refractivity contribution in [1.29, 1.82) is 0 Å². The van der Waals surface area contributed by atoms with Gasteiger partial charge in [0.2, 0.25) is 0 Å². The van der Waals surface area contributed by atoms with Crippen LogP contribution in [0.3, 0.4) is 0 Å². The van der Waals surface area contributed by atoms with E-state index in [4.69, 9.17) is 14.2 Å². The molecule has 5 aliphatic rings. The van der Waals surface area contributed by atoms with Gasteiger partial charge in [-0.15, -0.1) is 0 Å². The molecule has 3 heterocycles. The van der Waals surface area contributed by atoms with E-state index in [1.807, 2.05) is 16.2 Å². The number of ketones is 1. The zero-order valence-corrected chi connectivity index (χ0v) is 25.3. The first-order valence-electron chi connectivity index (χ1n) is 11.8. The van der Waals surface area contributed by atoms with E-state index in [1.165, 1.54) is 6.42 Å². The summed E-state index contributed by atoms with van der Waals surface area (Å²) < 4.78 is 20.2. The van der Waals surface area contributed by atoms with Crippen LogP contribution in [0.1, 0.15) is 61.7 Å². The predicted octanol–water partition coefficient (Wildman–Crippen LogP) is 4.49. The molecule has 2 aromatic heterocycles. The van der Waals surface area contributed by atoms with Gasteiger partial charge in [-0.25, -0.2) is 0 Å². The van der Waals surface area contributed by atoms with Gasteiger partial charge in [0, 0.05) is 33.9 Å². The number of aromatic nitrogens is 2. The van der Waals surface area contributed by atoms with Gasteiger partial charge in [-0.1, -0.05) is 0 Å². The van der Waals surface area contributed by atoms with Crippen molar-refractivity contribution in [3.63, 3.8) is 0 Å². The zero-order chi connectivity index (χ0) is 21.9. The van der Waals surface area contributed by atoms with Gasteiger partial charge in [0.05, 0.1) is 0 Å². The topological polar surface area (TPSA) is 62.6 Å². The van der Waals surface area contributed by atoms with Crippen molar-refractivity contribution >= 4 is 62.9 Å². The zero-order valence-electron chi connectivity index (χ0n) is 19.0. The van der Waals surface area contributed by atoms with Crippen LogP contribution in [0.25, 0.3) is 11.0 Å². The molecular weight excluding hydrogens is 648 g/mol. The molecule has 4 bridgehead atoms. The summed E-state index contributed by atoms with van der Waals surface area (Å²) in [6, 6.07) is 1.97. The molecule has 1 aliphatic heterocycles. The second-order valence-corrected chi connectivity index (χ2v) is 11.3. The van der Waals surface area contributed by atoms with Crippen molar-refractivity contribution in [2.75, 3.05) is 13.7 Å². The minimum Gasteiger partial charge on any atom is 0 e. The molecule has 175 valence electrons. The Labute approximate surface area is 220 Å².